The standard InChI is InChI=1S/C17H30N.BrH/c1-3-4-5-6-7-8-9-10-11-14-18-15-12-17(2)13-16-18;/h12-13,15-16H,3-11,14H2,1-2H3;1H/q+1;/p-1. The van der Waals surface area contributed by atoms with Gasteiger partial charge in [0.1, 0.15) is 6.54 Å². The van der Waals surface area contributed by atoms with Crippen LogP contribution in [0, 0.1) is 6.92 Å². The minimum atomic E-state index is 0. The number of nitrogens with zero attached hydrogens (tertiary/aromatic N) is 1. The van der Waals surface area contributed by atoms with Crippen LogP contribution in [0.15, 0.2) is 24.5 Å². The lowest BCUT2D eigenvalue weighted by atomic mass is 10.1. The number of pyridine rings is 1. The highest BCUT2D eigenvalue weighted by Crippen LogP contribution is 2.09. The Morgan fingerprint density at radius 3 is 1.79 bits per heavy atom. The lowest BCUT2D eigenvalue weighted by Crippen LogP contribution is -3.00. The van der Waals surface area contributed by atoms with Crippen LogP contribution >= 0.6 is 0 Å². The normalized spacial score (nSPS) is 10.2. The zero-order valence-corrected chi connectivity index (χ0v) is 14.3. The van der Waals surface area contributed by atoms with Gasteiger partial charge in [0.2, 0.25) is 0 Å². The molecule has 1 heterocycles. The summed E-state index contributed by atoms with van der Waals surface area (Å²) < 4.78 is 2.30. The molecule has 0 radical (unpaired) electrons. The van der Waals surface area contributed by atoms with Crippen LogP contribution in [-0.4, -0.2) is 0 Å². The van der Waals surface area contributed by atoms with Crippen molar-refractivity contribution in [3.8, 4) is 0 Å². The molecule has 0 aromatic carbocycles. The summed E-state index contributed by atoms with van der Waals surface area (Å²) in [6, 6.07) is 4.38. The molecular formula is C17H30BrN. The minimum Gasteiger partial charge on any atom is -1.00 e. The Hall–Kier alpha value is -0.370. The molecule has 0 amide bonds. The van der Waals surface area contributed by atoms with Gasteiger partial charge in [-0.15, -0.1) is 0 Å². The molecule has 0 aliphatic rings. The molecule has 110 valence electrons. The lowest BCUT2D eigenvalue weighted by molar-refractivity contribution is -0.697. The molecule has 0 saturated heterocycles. The Morgan fingerprint density at radius 1 is 0.789 bits per heavy atom. The third-order valence-corrected chi connectivity index (χ3v) is 3.58. The molecule has 1 rings (SSSR count). The SMILES string of the molecule is CCCCCCCCCCC[n+]1ccc(C)cc1.[Br-]. The maximum absolute atomic E-state index is 2.30. The predicted molar refractivity (Wildman–Crippen MR) is 78.6 cm³/mol. The van der Waals surface area contributed by atoms with Gasteiger partial charge in [0.05, 0.1) is 0 Å². The fourth-order valence-corrected chi connectivity index (χ4v) is 2.29. The molecule has 0 unspecified atom stereocenters. The first kappa shape index (κ1) is 18.6. The summed E-state index contributed by atoms with van der Waals surface area (Å²) in [4.78, 5) is 0. The van der Waals surface area contributed by atoms with Gasteiger partial charge in [-0.05, 0) is 18.9 Å². The second-order valence-electron chi connectivity index (χ2n) is 5.44. The van der Waals surface area contributed by atoms with Crippen LogP contribution in [0.5, 0.6) is 0 Å². The van der Waals surface area contributed by atoms with E-state index >= 15 is 0 Å². The van der Waals surface area contributed by atoms with E-state index in [0.29, 0.717) is 0 Å². The number of halogens is 1. The topological polar surface area (TPSA) is 3.88 Å². The Morgan fingerprint density at radius 2 is 1.26 bits per heavy atom. The maximum Gasteiger partial charge on any atom is 0.169 e. The summed E-state index contributed by atoms with van der Waals surface area (Å²) in [6.45, 7) is 5.60. The van der Waals surface area contributed by atoms with Gasteiger partial charge in [-0.3, -0.25) is 0 Å². The van der Waals surface area contributed by atoms with Gasteiger partial charge in [-0.1, -0.05) is 51.9 Å². The van der Waals surface area contributed by atoms with Gasteiger partial charge in [-0.25, -0.2) is 4.57 Å². The summed E-state index contributed by atoms with van der Waals surface area (Å²) in [6.07, 6.45) is 17.0. The first-order chi connectivity index (χ1) is 8.83. The van der Waals surface area contributed by atoms with Crippen molar-refractivity contribution in [1.29, 1.82) is 0 Å². The molecule has 0 N–H and O–H groups in total. The molecule has 19 heavy (non-hydrogen) atoms. The summed E-state index contributed by atoms with van der Waals surface area (Å²) in [5.41, 5.74) is 1.35. The molecule has 0 atom stereocenters. The van der Waals surface area contributed by atoms with Crippen LogP contribution in [0.25, 0.3) is 0 Å². The average molecular weight is 328 g/mol. The van der Waals surface area contributed by atoms with E-state index in [9.17, 15) is 0 Å². The highest BCUT2D eigenvalue weighted by atomic mass is 79.9. The van der Waals surface area contributed by atoms with E-state index in [1.54, 1.807) is 0 Å². The monoisotopic (exact) mass is 327 g/mol. The van der Waals surface area contributed by atoms with E-state index in [0.717, 1.165) is 0 Å². The van der Waals surface area contributed by atoms with Crippen molar-refractivity contribution < 1.29 is 21.5 Å². The number of unbranched alkanes of at least 4 members (excludes halogenated alkanes) is 8. The Labute approximate surface area is 130 Å². The molecule has 0 aliphatic heterocycles. The highest BCUT2D eigenvalue weighted by molar-refractivity contribution is 5.03. The zero-order chi connectivity index (χ0) is 13.1. The van der Waals surface area contributed by atoms with Crippen molar-refractivity contribution in [2.45, 2.75) is 78.2 Å². The summed E-state index contributed by atoms with van der Waals surface area (Å²) in [5.74, 6) is 0. The fraction of sp³-hybridized carbons (Fsp3) is 0.706. The van der Waals surface area contributed by atoms with Crippen molar-refractivity contribution in [2.75, 3.05) is 0 Å². The Bertz CT molecular complexity index is 295. The number of aryl methyl sites for hydroxylation is 2. The molecule has 1 aromatic heterocycles. The summed E-state index contributed by atoms with van der Waals surface area (Å²) in [7, 11) is 0. The van der Waals surface area contributed by atoms with Crippen molar-refractivity contribution in [1.82, 2.24) is 0 Å². The van der Waals surface area contributed by atoms with E-state index < -0.39 is 0 Å². The average Bonchev–Trinajstić information content (AvgIpc) is 2.39. The molecule has 0 spiro atoms. The third-order valence-electron chi connectivity index (χ3n) is 3.58. The maximum atomic E-state index is 2.30. The number of hydrogen-bond donors (Lipinski definition) is 0. The molecule has 0 saturated carbocycles. The molecule has 1 aromatic rings. The van der Waals surface area contributed by atoms with Crippen molar-refractivity contribution in [3.63, 3.8) is 0 Å². The third kappa shape index (κ3) is 10.1. The second kappa shape index (κ2) is 12.7. The van der Waals surface area contributed by atoms with Gasteiger partial charge in [-0.2, -0.15) is 0 Å². The van der Waals surface area contributed by atoms with Crippen LogP contribution in [-0.2, 0) is 6.54 Å². The Kier molecular flexibility index (Phi) is 12.4. The smallest absolute Gasteiger partial charge is 0.169 e. The van der Waals surface area contributed by atoms with Crippen molar-refractivity contribution >= 4 is 0 Å². The van der Waals surface area contributed by atoms with E-state index in [2.05, 4.69) is 42.9 Å². The first-order valence-corrected chi connectivity index (χ1v) is 7.78. The number of aromatic nitrogens is 1. The minimum absolute atomic E-state index is 0. The van der Waals surface area contributed by atoms with Crippen molar-refractivity contribution in [3.05, 3.63) is 30.1 Å². The van der Waals surface area contributed by atoms with E-state index in [-0.39, 0.29) is 17.0 Å². The molecule has 2 heteroatoms. The molecule has 0 bridgehead atoms. The van der Waals surface area contributed by atoms with E-state index in [1.807, 2.05) is 0 Å². The van der Waals surface area contributed by atoms with E-state index in [4.69, 9.17) is 0 Å². The number of rotatable bonds is 10. The summed E-state index contributed by atoms with van der Waals surface area (Å²) >= 11 is 0. The van der Waals surface area contributed by atoms with Gasteiger partial charge in [0.15, 0.2) is 12.4 Å². The van der Waals surface area contributed by atoms with Gasteiger partial charge in [0, 0.05) is 18.6 Å². The largest absolute Gasteiger partial charge is 1.00 e. The van der Waals surface area contributed by atoms with E-state index in [1.165, 1.54) is 69.9 Å². The van der Waals surface area contributed by atoms with Crippen LogP contribution < -0.4 is 21.5 Å². The van der Waals surface area contributed by atoms with Crippen LogP contribution in [0.2, 0.25) is 0 Å². The van der Waals surface area contributed by atoms with Gasteiger partial charge < -0.3 is 17.0 Å². The van der Waals surface area contributed by atoms with Gasteiger partial charge >= 0.3 is 0 Å². The van der Waals surface area contributed by atoms with Gasteiger partial charge in [0.25, 0.3) is 0 Å². The predicted octanol–water partition coefficient (Wildman–Crippen LogP) is 1.82. The fourth-order valence-electron chi connectivity index (χ4n) is 2.29. The molecule has 0 aliphatic carbocycles. The molecule has 1 nitrogen and oxygen atoms in total. The lowest BCUT2D eigenvalue weighted by Gasteiger charge is -2.01. The first-order valence-electron chi connectivity index (χ1n) is 7.78. The zero-order valence-electron chi connectivity index (χ0n) is 12.7. The second-order valence-corrected chi connectivity index (χ2v) is 5.44. The highest BCUT2D eigenvalue weighted by Gasteiger charge is 1.99. The van der Waals surface area contributed by atoms with Crippen LogP contribution in [0.3, 0.4) is 0 Å². The van der Waals surface area contributed by atoms with Crippen molar-refractivity contribution in [2.24, 2.45) is 0 Å². The summed E-state index contributed by atoms with van der Waals surface area (Å²) in [5, 5.41) is 0. The molecule has 0 fully saturated rings. The molecular weight excluding hydrogens is 298 g/mol. The Balaban J connectivity index is 0.00000324. The van der Waals surface area contributed by atoms with Crippen LogP contribution in [0.4, 0.5) is 0 Å². The number of hydrogen-bond acceptors (Lipinski definition) is 0. The quantitative estimate of drug-likeness (QED) is 0.456. The van der Waals surface area contributed by atoms with Crippen LogP contribution in [0.1, 0.15) is 70.3 Å².